The van der Waals surface area contributed by atoms with E-state index < -0.39 is 23.2 Å². The Morgan fingerprint density at radius 2 is 1.90 bits per heavy atom. The Labute approximate surface area is 187 Å². The second-order valence-corrected chi connectivity index (χ2v) is 8.86. The Bertz CT molecular complexity index is 1010. The Morgan fingerprint density at radius 1 is 1.24 bits per heavy atom. The zero-order valence-electron chi connectivity index (χ0n) is 16.6. The van der Waals surface area contributed by atoms with Gasteiger partial charge in [0.15, 0.2) is 0 Å². The molecule has 1 atom stereocenters. The normalized spacial score (nSPS) is 16.6. The Kier molecular flexibility index (Phi) is 6.52. The Morgan fingerprint density at radius 3 is 2.52 bits per heavy atom. The van der Waals surface area contributed by atoms with Crippen molar-refractivity contribution in [3.8, 4) is 5.69 Å². The quantitative estimate of drug-likeness (QED) is 0.323. The third-order valence-corrected chi connectivity index (χ3v) is 6.28. The van der Waals surface area contributed by atoms with Gasteiger partial charge in [0, 0.05) is 20.6 Å². The van der Waals surface area contributed by atoms with Crippen molar-refractivity contribution in [3.63, 3.8) is 0 Å². The molecule has 3 rings (SSSR count). The van der Waals surface area contributed by atoms with Crippen molar-refractivity contribution in [3.05, 3.63) is 55.8 Å². The Hall–Kier alpha value is -2.07. The predicted octanol–water partition coefficient (Wildman–Crippen LogP) is 4.69. The molecule has 1 aromatic carbocycles. The largest absolute Gasteiger partial charge is 0.464 e. The van der Waals surface area contributed by atoms with E-state index in [0.29, 0.717) is 4.91 Å². The van der Waals surface area contributed by atoms with E-state index in [0.717, 1.165) is 42.9 Å². The van der Waals surface area contributed by atoms with Crippen molar-refractivity contribution in [2.75, 3.05) is 6.61 Å². The summed E-state index contributed by atoms with van der Waals surface area (Å²) in [7, 11) is 0. The van der Waals surface area contributed by atoms with Crippen molar-refractivity contribution >= 4 is 57.5 Å². The summed E-state index contributed by atoms with van der Waals surface area (Å²) in [6.07, 6.45) is 1.72. The molecule has 1 aliphatic rings. The zero-order chi connectivity index (χ0) is 21.3. The molecule has 6 nitrogen and oxygen atoms in total. The van der Waals surface area contributed by atoms with Crippen LogP contribution in [-0.4, -0.2) is 39.2 Å². The number of hydrogen-bond donors (Lipinski definition) is 0. The molecule has 2 aromatic rings. The number of aromatic nitrogens is 1. The van der Waals surface area contributed by atoms with Crippen LogP contribution in [0.25, 0.3) is 11.8 Å². The van der Waals surface area contributed by atoms with Crippen LogP contribution >= 0.6 is 34.4 Å². The number of hydrogen-bond acceptors (Lipinski definition) is 5. The molecule has 1 saturated heterocycles. The highest BCUT2D eigenvalue weighted by Crippen LogP contribution is 2.35. The number of carbonyl (C=O) groups excluding carboxylic acids is 3. The molecule has 0 unspecified atom stereocenters. The van der Waals surface area contributed by atoms with Gasteiger partial charge in [-0.3, -0.25) is 14.5 Å². The number of amides is 2. The second-order valence-electron chi connectivity index (χ2n) is 6.62. The minimum Gasteiger partial charge on any atom is -0.464 e. The zero-order valence-corrected chi connectivity index (χ0v) is 19.5. The number of aryl methyl sites for hydroxylation is 1. The number of esters is 1. The van der Waals surface area contributed by atoms with Gasteiger partial charge in [-0.25, -0.2) is 4.79 Å². The maximum absolute atomic E-state index is 12.8. The summed E-state index contributed by atoms with van der Waals surface area (Å²) in [6, 6.07) is 9.19. The number of thioether (sulfide) groups is 1. The number of benzene rings is 1. The molecule has 1 aromatic heterocycles. The number of halogens is 1. The van der Waals surface area contributed by atoms with Crippen molar-refractivity contribution < 1.29 is 19.1 Å². The maximum atomic E-state index is 12.8. The van der Waals surface area contributed by atoms with E-state index >= 15 is 0 Å². The van der Waals surface area contributed by atoms with Gasteiger partial charge in [-0.1, -0.05) is 0 Å². The van der Waals surface area contributed by atoms with Gasteiger partial charge in [-0.05, 0) is 104 Å². The van der Waals surface area contributed by atoms with Crippen LogP contribution in [0.1, 0.15) is 30.8 Å². The minimum atomic E-state index is -0.951. The molecule has 0 aliphatic carbocycles. The number of nitrogens with zero attached hydrogens (tertiary/aromatic N) is 2. The molecule has 2 heterocycles. The van der Waals surface area contributed by atoms with E-state index in [1.165, 1.54) is 6.92 Å². The fraction of sp³-hybridized carbons (Fsp3) is 0.286. The second kappa shape index (κ2) is 8.74. The van der Waals surface area contributed by atoms with Gasteiger partial charge >= 0.3 is 5.97 Å². The number of ether oxygens (including phenoxy) is 1. The number of carbonyl (C=O) groups is 3. The van der Waals surface area contributed by atoms with Crippen molar-refractivity contribution in [1.82, 2.24) is 9.47 Å². The highest BCUT2D eigenvalue weighted by atomic mass is 127. The first-order valence-corrected chi connectivity index (χ1v) is 11.0. The maximum Gasteiger partial charge on any atom is 0.329 e. The van der Waals surface area contributed by atoms with Gasteiger partial charge in [0.25, 0.3) is 11.1 Å². The molecule has 0 N–H and O–H groups in total. The van der Waals surface area contributed by atoms with Crippen molar-refractivity contribution in [1.29, 1.82) is 0 Å². The van der Waals surface area contributed by atoms with Crippen LogP contribution in [0, 0.1) is 17.4 Å². The third kappa shape index (κ3) is 4.28. The van der Waals surface area contributed by atoms with Crippen LogP contribution in [0.15, 0.2) is 35.2 Å². The Balaban J connectivity index is 1.92. The lowest BCUT2D eigenvalue weighted by Crippen LogP contribution is -2.42. The molecule has 8 heteroatoms. The van der Waals surface area contributed by atoms with E-state index in [1.54, 1.807) is 13.0 Å². The van der Waals surface area contributed by atoms with E-state index in [9.17, 15) is 14.4 Å². The van der Waals surface area contributed by atoms with E-state index in [1.807, 2.05) is 44.2 Å². The van der Waals surface area contributed by atoms with Crippen LogP contribution in [0.2, 0.25) is 0 Å². The average molecular weight is 524 g/mol. The fourth-order valence-electron chi connectivity index (χ4n) is 3.24. The van der Waals surface area contributed by atoms with Crippen LogP contribution in [0.3, 0.4) is 0 Å². The molecule has 1 fully saturated rings. The third-order valence-electron chi connectivity index (χ3n) is 4.68. The average Bonchev–Trinajstić information content (AvgIpc) is 3.11. The molecular weight excluding hydrogens is 503 g/mol. The highest BCUT2D eigenvalue weighted by molar-refractivity contribution is 14.1. The van der Waals surface area contributed by atoms with Gasteiger partial charge in [-0.15, -0.1) is 0 Å². The standard InChI is InChI=1S/C21H21IN2O4S/c1-5-28-20(26)14(4)24-19(25)18(29-21(24)27)11-15-10-12(2)23(13(15)3)17-8-6-16(22)7-9-17/h6-11,14H,5H2,1-4H3/b18-11-/t14-/m0/s1. The summed E-state index contributed by atoms with van der Waals surface area (Å²) >= 11 is 3.11. The lowest BCUT2D eigenvalue weighted by Gasteiger charge is -2.19. The molecule has 152 valence electrons. The first-order valence-electron chi connectivity index (χ1n) is 9.13. The summed E-state index contributed by atoms with van der Waals surface area (Å²) in [5.41, 5.74) is 3.88. The van der Waals surface area contributed by atoms with Crippen LogP contribution in [0.4, 0.5) is 4.79 Å². The molecule has 0 bridgehead atoms. The first-order chi connectivity index (χ1) is 13.7. The van der Waals surface area contributed by atoms with Crippen LogP contribution in [0.5, 0.6) is 0 Å². The van der Waals surface area contributed by atoms with Crippen molar-refractivity contribution in [2.24, 2.45) is 0 Å². The van der Waals surface area contributed by atoms with Gasteiger partial charge in [0.05, 0.1) is 11.5 Å². The smallest absolute Gasteiger partial charge is 0.329 e. The summed E-state index contributed by atoms with van der Waals surface area (Å²) in [5, 5.41) is -0.465. The molecule has 29 heavy (non-hydrogen) atoms. The molecule has 0 saturated carbocycles. The topological polar surface area (TPSA) is 68.6 Å². The summed E-state index contributed by atoms with van der Waals surface area (Å²) < 4.78 is 8.20. The highest BCUT2D eigenvalue weighted by Gasteiger charge is 2.41. The van der Waals surface area contributed by atoms with E-state index in [4.69, 9.17) is 4.74 Å². The SMILES string of the molecule is CCOC(=O)[C@H](C)N1C(=O)S/C(=C\c2cc(C)n(-c3ccc(I)cc3)c2C)C1=O. The molecule has 2 amide bonds. The summed E-state index contributed by atoms with van der Waals surface area (Å²) in [4.78, 5) is 38.4. The minimum absolute atomic E-state index is 0.194. The van der Waals surface area contributed by atoms with Crippen LogP contribution < -0.4 is 0 Å². The lowest BCUT2D eigenvalue weighted by atomic mass is 10.2. The van der Waals surface area contributed by atoms with Gasteiger partial charge < -0.3 is 9.30 Å². The van der Waals surface area contributed by atoms with Gasteiger partial charge in [-0.2, -0.15) is 0 Å². The summed E-state index contributed by atoms with van der Waals surface area (Å²) in [5.74, 6) is -1.06. The lowest BCUT2D eigenvalue weighted by molar-refractivity contribution is -0.150. The van der Waals surface area contributed by atoms with E-state index in [-0.39, 0.29) is 6.61 Å². The predicted molar refractivity (Wildman–Crippen MR) is 122 cm³/mol. The monoisotopic (exact) mass is 524 g/mol. The molecular formula is C21H21IN2O4S. The van der Waals surface area contributed by atoms with Gasteiger partial charge in [0.1, 0.15) is 6.04 Å². The molecule has 1 aliphatic heterocycles. The molecule has 0 spiro atoms. The van der Waals surface area contributed by atoms with E-state index in [2.05, 4.69) is 27.2 Å². The molecule has 0 radical (unpaired) electrons. The number of rotatable bonds is 5. The first kappa shape index (κ1) is 21.6. The number of imide groups is 1. The van der Waals surface area contributed by atoms with Crippen molar-refractivity contribution in [2.45, 2.75) is 33.7 Å². The van der Waals surface area contributed by atoms with Gasteiger partial charge in [0.2, 0.25) is 0 Å². The summed E-state index contributed by atoms with van der Waals surface area (Å²) in [6.45, 7) is 7.35. The van der Waals surface area contributed by atoms with Crippen LogP contribution in [-0.2, 0) is 14.3 Å². The fourth-order valence-corrected chi connectivity index (χ4v) is 4.50.